The Morgan fingerprint density at radius 3 is 2.65 bits per heavy atom. The number of nitriles is 1. The van der Waals surface area contributed by atoms with Gasteiger partial charge in [-0.3, -0.25) is 10.1 Å². The fourth-order valence-electron chi connectivity index (χ4n) is 1.86. The lowest BCUT2D eigenvalue weighted by molar-refractivity contribution is -0.385. The lowest BCUT2D eigenvalue weighted by atomic mass is 10.1. The number of anilines is 2. The number of halogens is 1. The van der Waals surface area contributed by atoms with Crippen LogP contribution in [0.15, 0.2) is 42.5 Å². The molecule has 0 saturated carbocycles. The smallest absolute Gasteiger partial charge is 0.274 e. The molecule has 0 atom stereocenters. The van der Waals surface area contributed by atoms with E-state index in [9.17, 15) is 14.5 Å². The van der Waals surface area contributed by atoms with E-state index >= 15 is 0 Å². The summed E-state index contributed by atoms with van der Waals surface area (Å²) in [4.78, 5) is 11.6. The van der Waals surface area contributed by atoms with E-state index in [4.69, 9.17) is 5.26 Å². The number of nitro groups is 1. The number of benzene rings is 2. The SMILES string of the molecule is CN(c1cc(F)cc([N+](=O)[O-])c1)c1ccccc1C#N. The number of nitrogens with zero attached hydrogens (tertiary/aromatic N) is 3. The zero-order chi connectivity index (χ0) is 14.7. The van der Waals surface area contributed by atoms with Crippen molar-refractivity contribution in [3.63, 3.8) is 0 Å². The van der Waals surface area contributed by atoms with E-state index in [0.717, 1.165) is 6.07 Å². The fraction of sp³-hybridized carbons (Fsp3) is 0.0714. The highest BCUT2D eigenvalue weighted by Crippen LogP contribution is 2.29. The van der Waals surface area contributed by atoms with Gasteiger partial charge < -0.3 is 4.90 Å². The van der Waals surface area contributed by atoms with Crippen molar-refractivity contribution in [1.82, 2.24) is 0 Å². The minimum Gasteiger partial charge on any atom is -0.343 e. The Hall–Kier alpha value is -2.94. The summed E-state index contributed by atoms with van der Waals surface area (Å²) in [6.07, 6.45) is 0. The third-order valence-corrected chi connectivity index (χ3v) is 2.85. The lowest BCUT2D eigenvalue weighted by Gasteiger charge is -2.20. The number of para-hydroxylation sites is 1. The first-order valence-corrected chi connectivity index (χ1v) is 5.71. The molecule has 0 amide bonds. The van der Waals surface area contributed by atoms with Gasteiger partial charge in [-0.05, 0) is 18.2 Å². The molecule has 6 heteroatoms. The Kier molecular flexibility index (Phi) is 3.62. The van der Waals surface area contributed by atoms with Crippen molar-refractivity contribution < 1.29 is 9.31 Å². The van der Waals surface area contributed by atoms with Crippen LogP contribution in [0.1, 0.15) is 5.56 Å². The number of hydrogen-bond acceptors (Lipinski definition) is 4. The van der Waals surface area contributed by atoms with Crippen LogP contribution in [0.4, 0.5) is 21.5 Å². The molecule has 0 bridgehead atoms. The van der Waals surface area contributed by atoms with Gasteiger partial charge >= 0.3 is 0 Å². The van der Waals surface area contributed by atoms with Crippen LogP contribution in [0.3, 0.4) is 0 Å². The van der Waals surface area contributed by atoms with Crippen molar-refractivity contribution in [3.8, 4) is 6.07 Å². The molecule has 0 radical (unpaired) electrons. The van der Waals surface area contributed by atoms with Crippen molar-refractivity contribution in [2.45, 2.75) is 0 Å². The molecule has 0 aromatic heterocycles. The van der Waals surface area contributed by atoms with Crippen LogP contribution in [0.5, 0.6) is 0 Å². The van der Waals surface area contributed by atoms with Crippen molar-refractivity contribution in [2.75, 3.05) is 11.9 Å². The monoisotopic (exact) mass is 271 g/mol. The van der Waals surface area contributed by atoms with Crippen LogP contribution >= 0.6 is 0 Å². The quantitative estimate of drug-likeness (QED) is 0.633. The Labute approximate surface area is 114 Å². The van der Waals surface area contributed by atoms with Crippen molar-refractivity contribution in [2.24, 2.45) is 0 Å². The van der Waals surface area contributed by atoms with Gasteiger partial charge in [-0.25, -0.2) is 4.39 Å². The average Bonchev–Trinajstić information content (AvgIpc) is 2.45. The maximum absolute atomic E-state index is 13.5. The summed E-state index contributed by atoms with van der Waals surface area (Å²) in [6, 6.07) is 12.1. The number of nitro benzene ring substituents is 1. The first-order valence-electron chi connectivity index (χ1n) is 5.71. The van der Waals surface area contributed by atoms with Crippen LogP contribution < -0.4 is 4.90 Å². The summed E-state index contributed by atoms with van der Waals surface area (Å²) < 4.78 is 13.5. The maximum Gasteiger partial charge on any atom is 0.274 e. The highest BCUT2D eigenvalue weighted by molar-refractivity contribution is 5.70. The van der Waals surface area contributed by atoms with Gasteiger partial charge in [0.05, 0.1) is 27.9 Å². The van der Waals surface area contributed by atoms with Crippen LogP contribution in [-0.2, 0) is 0 Å². The Balaban J connectivity index is 2.51. The molecule has 5 nitrogen and oxygen atoms in total. The molecule has 2 aromatic carbocycles. The number of rotatable bonds is 3. The molecule has 0 N–H and O–H groups in total. The van der Waals surface area contributed by atoms with Gasteiger partial charge in [-0.15, -0.1) is 0 Å². The second kappa shape index (κ2) is 5.36. The number of non-ortho nitro benzene ring substituents is 1. The van der Waals surface area contributed by atoms with Crippen LogP contribution in [-0.4, -0.2) is 12.0 Å². The predicted octanol–water partition coefficient (Wildman–Crippen LogP) is 3.37. The minimum absolute atomic E-state index is 0.305. The Morgan fingerprint density at radius 2 is 2.00 bits per heavy atom. The molecular weight excluding hydrogens is 261 g/mol. The van der Waals surface area contributed by atoms with Crippen LogP contribution in [0.2, 0.25) is 0 Å². The van der Waals surface area contributed by atoms with E-state index in [0.29, 0.717) is 16.9 Å². The molecule has 0 fully saturated rings. The third-order valence-electron chi connectivity index (χ3n) is 2.85. The second-order valence-corrected chi connectivity index (χ2v) is 4.11. The second-order valence-electron chi connectivity index (χ2n) is 4.11. The van der Waals surface area contributed by atoms with E-state index in [1.165, 1.54) is 17.0 Å². The molecule has 2 aromatic rings. The zero-order valence-corrected chi connectivity index (χ0v) is 10.6. The third kappa shape index (κ3) is 2.57. The van der Waals surface area contributed by atoms with Crippen LogP contribution in [0, 0.1) is 27.3 Å². The number of hydrogen-bond donors (Lipinski definition) is 0. The highest BCUT2D eigenvalue weighted by Gasteiger charge is 2.15. The summed E-state index contributed by atoms with van der Waals surface area (Å²) in [5.41, 5.74) is 0.928. The molecule has 0 heterocycles. The molecule has 0 aliphatic heterocycles. The van der Waals surface area contributed by atoms with E-state index in [1.807, 2.05) is 6.07 Å². The Morgan fingerprint density at radius 1 is 1.30 bits per heavy atom. The van der Waals surface area contributed by atoms with Gasteiger partial charge in [0.1, 0.15) is 11.9 Å². The molecule has 2 rings (SSSR count). The summed E-state index contributed by atoms with van der Waals surface area (Å²) in [7, 11) is 1.62. The zero-order valence-electron chi connectivity index (χ0n) is 10.6. The molecule has 0 saturated heterocycles. The lowest BCUT2D eigenvalue weighted by Crippen LogP contribution is -2.11. The summed E-state index contributed by atoms with van der Waals surface area (Å²) in [5, 5.41) is 19.8. The molecular formula is C14H10FN3O2. The van der Waals surface area contributed by atoms with Crippen LogP contribution in [0.25, 0.3) is 0 Å². The molecule has 0 aliphatic carbocycles. The summed E-state index contributed by atoms with van der Waals surface area (Å²) >= 11 is 0. The molecule has 0 unspecified atom stereocenters. The van der Waals surface area contributed by atoms with Gasteiger partial charge in [-0.2, -0.15) is 5.26 Å². The van der Waals surface area contributed by atoms with Gasteiger partial charge in [-0.1, -0.05) is 12.1 Å². The van der Waals surface area contributed by atoms with E-state index in [2.05, 4.69) is 0 Å². The Bertz CT molecular complexity index is 710. The molecule has 0 aliphatic rings. The predicted molar refractivity (Wildman–Crippen MR) is 72.3 cm³/mol. The minimum atomic E-state index is -0.699. The standard InChI is InChI=1S/C14H10FN3O2/c1-17(14-5-3-2-4-10(14)9-16)12-6-11(15)7-13(8-12)18(19)20/h2-8H,1H3. The highest BCUT2D eigenvalue weighted by atomic mass is 19.1. The van der Waals surface area contributed by atoms with E-state index < -0.39 is 10.7 Å². The topological polar surface area (TPSA) is 70.2 Å². The van der Waals surface area contributed by atoms with Gasteiger partial charge in [0.15, 0.2) is 0 Å². The molecule has 0 spiro atoms. The normalized spacial score (nSPS) is 9.85. The maximum atomic E-state index is 13.5. The van der Waals surface area contributed by atoms with E-state index in [1.54, 1.807) is 31.3 Å². The molecule has 100 valence electrons. The summed E-state index contributed by atoms with van der Waals surface area (Å²) in [6.45, 7) is 0. The fourth-order valence-corrected chi connectivity index (χ4v) is 1.86. The van der Waals surface area contributed by atoms with Gasteiger partial charge in [0.25, 0.3) is 5.69 Å². The van der Waals surface area contributed by atoms with Crippen molar-refractivity contribution in [1.29, 1.82) is 5.26 Å². The first kappa shape index (κ1) is 13.5. The van der Waals surface area contributed by atoms with Crippen molar-refractivity contribution in [3.05, 3.63) is 64.0 Å². The summed E-state index contributed by atoms with van der Waals surface area (Å²) in [5.74, 6) is -0.699. The van der Waals surface area contributed by atoms with Gasteiger partial charge in [0.2, 0.25) is 0 Å². The first-order chi connectivity index (χ1) is 9.52. The average molecular weight is 271 g/mol. The van der Waals surface area contributed by atoms with Gasteiger partial charge in [0, 0.05) is 13.1 Å². The largest absolute Gasteiger partial charge is 0.343 e. The van der Waals surface area contributed by atoms with E-state index in [-0.39, 0.29) is 5.69 Å². The molecule has 20 heavy (non-hydrogen) atoms. The van der Waals surface area contributed by atoms with Crippen molar-refractivity contribution >= 4 is 17.1 Å².